The lowest BCUT2D eigenvalue weighted by Gasteiger charge is -2.49. The van der Waals surface area contributed by atoms with Gasteiger partial charge in [-0.3, -0.25) is 48.9 Å². The van der Waals surface area contributed by atoms with E-state index >= 15 is 0 Å². The minimum atomic E-state index is 0.129. The van der Waals surface area contributed by atoms with Gasteiger partial charge in [-0.15, -0.1) is 0 Å². The number of piperazine rings is 2. The van der Waals surface area contributed by atoms with Gasteiger partial charge in [-0.1, -0.05) is 147 Å². The standard InChI is InChI=1S/C13H25N.C12H23N.C12H22.C11H20N2O.C11H22N2.C11H21NO.C11H21N.C11H19N.C10H19N.C10H18O.C10H16O.C9H17N/c1-13(2,3)14-9-5-8-11-6-4-7-12(11)10-14;1-12(2,3)11-6-9-4-5-13-8-10(9)7-11;1-12(2,3)11-7-9-5-4-6-10(9)8-11;1-11(2,3)12-7-9-5-4-6-13(9)10(14)8-12;1-11(2,3)13-8-7-12-6-4-5-10(12)9-13;1-11(2,3)9-6-10-8-13-5-4-12(10)7-9;1-11(2,3)12-7-6-9-4-5-10(9)8-12;1-11(2,3)12-7-9-5-4-6-10(9)8-12;1-10(2,3)11-5-4-8-6-9(8)7-11;2*1-10(2,3)8-4-7-6-11-9(7)5-8;1-9(2,3)10-5-7-4-8(7)6-10/h11-12H,4-10H2,1-3H3;9-11,13H,4-8H2,1-3H3;9-11H,4-8H2,1-3H3;9H,4-8H2,1-3H3;10H,4-9H2,1-3H3;9-10H,4-8H2,1-3H3;9-10H,4-8H2,1-3H3;4-8H2,1-3H3;8-9H,4-7H2,1-3H3;7-9H,4-6H2,1-3H3;5,7-8H,4,6H2,1-3H3;7-8H,4-6H2,1-3H3. The van der Waals surface area contributed by atoms with Gasteiger partial charge in [-0.25, -0.2) is 0 Å². The highest BCUT2D eigenvalue weighted by Gasteiger charge is 2.52. The second kappa shape index (κ2) is 49.8. The Balaban J connectivity index is 0.000000133. The molecule has 846 valence electrons. The van der Waals surface area contributed by atoms with Crippen LogP contribution in [0.15, 0.2) is 23.0 Å². The topological polar surface area (TPSA) is 89.2 Å². The summed E-state index contributed by atoms with van der Waals surface area (Å²) in [7, 11) is 0. The molecule has 15 heteroatoms. The van der Waals surface area contributed by atoms with Crippen molar-refractivity contribution in [3.63, 3.8) is 0 Å². The van der Waals surface area contributed by atoms with Crippen LogP contribution < -0.4 is 5.32 Å². The lowest BCUT2D eigenvalue weighted by Crippen LogP contribution is -2.58. The number of carbonyl (C=O) groups is 1. The van der Waals surface area contributed by atoms with E-state index in [2.05, 4.69) is 310 Å². The highest BCUT2D eigenvalue weighted by molar-refractivity contribution is 5.80. The van der Waals surface area contributed by atoms with Gasteiger partial charge in [0.05, 0.1) is 50.8 Å². The lowest BCUT2D eigenvalue weighted by atomic mass is 9.69. The number of allylic oxidation sites excluding steroid dienone is 1. The average molecular weight is 2040 g/mol. The molecule has 13 saturated heterocycles. The van der Waals surface area contributed by atoms with Crippen LogP contribution in [0.2, 0.25) is 0 Å². The maximum absolute atomic E-state index is 11.8. The first-order chi connectivity index (χ1) is 67.8. The number of likely N-dealkylation sites (tertiary alicyclic amines) is 5. The molecule has 22 atom stereocenters. The average Bonchev–Trinajstić information content (AvgIpc) is 1.59. The molecule has 21 fully saturated rings. The van der Waals surface area contributed by atoms with Gasteiger partial charge in [-0.05, 0) is 479 Å². The van der Waals surface area contributed by atoms with Crippen molar-refractivity contribution in [3.05, 3.63) is 23.0 Å². The highest BCUT2D eigenvalue weighted by Crippen LogP contribution is 2.55. The third-order valence-corrected chi connectivity index (χ3v) is 42.5. The minimum Gasteiger partial charge on any atom is -0.497 e. The summed E-state index contributed by atoms with van der Waals surface area (Å²) in [6.07, 6.45) is 46.2. The third kappa shape index (κ3) is 34.6. The van der Waals surface area contributed by atoms with Crippen molar-refractivity contribution in [3.8, 4) is 0 Å². The van der Waals surface area contributed by atoms with Crippen molar-refractivity contribution in [2.24, 2.45) is 140 Å². The Labute approximate surface area is 904 Å². The SMILES string of the molecule is CC(C)(C)C1C=C2OCC2C1.CC(C)(C)C1CC2CCCC2C1.CC(C)(C)C1CC2CCNCC2C1.CC(C)(C)C1CC2COC2C1.CC(C)(C)C1CC2COCCN2C1.CC(C)(C)N1CC(=O)N2CCCC2C1.CC(C)(C)N1CC2=C(CCC2)C1.CC(C)(C)N1CC2CC2C1.CC(C)(C)N1CCC2CC2C1.CC(C)(C)N1CCC2CCC2C1.CC(C)(C)N1CCCC2CCCC2C1.CC(C)(C)N1CCN2CCCC2C1. The van der Waals surface area contributed by atoms with Crippen molar-refractivity contribution in [2.45, 2.75) is 505 Å². The van der Waals surface area contributed by atoms with Crippen LogP contribution >= 0.6 is 0 Å². The molecule has 1 N–H and O–H groups in total. The van der Waals surface area contributed by atoms with Crippen molar-refractivity contribution in [1.82, 2.24) is 54.3 Å². The largest absolute Gasteiger partial charge is 0.497 e. The van der Waals surface area contributed by atoms with Crippen molar-refractivity contribution >= 4 is 5.91 Å². The van der Waals surface area contributed by atoms with Crippen molar-refractivity contribution in [1.29, 1.82) is 0 Å². The number of nitrogens with one attached hydrogen (secondary N) is 1. The summed E-state index contributed by atoms with van der Waals surface area (Å²) in [6.45, 7) is 114. The predicted octanol–water partition coefficient (Wildman–Crippen LogP) is 28.2. The van der Waals surface area contributed by atoms with Gasteiger partial charge in [0.1, 0.15) is 0 Å². The maximum atomic E-state index is 11.8. The molecule has 0 spiro atoms. The minimum absolute atomic E-state index is 0.129. The van der Waals surface area contributed by atoms with Crippen molar-refractivity contribution < 1.29 is 19.0 Å². The van der Waals surface area contributed by atoms with Crippen LogP contribution in [0.3, 0.4) is 0 Å². The monoisotopic (exact) mass is 2030 g/mol. The van der Waals surface area contributed by atoms with E-state index in [1.165, 1.54) is 310 Å². The van der Waals surface area contributed by atoms with Gasteiger partial charge >= 0.3 is 0 Å². The summed E-state index contributed by atoms with van der Waals surface area (Å²) >= 11 is 0. The fourth-order valence-corrected chi connectivity index (χ4v) is 30.2. The Bertz CT molecular complexity index is 3840. The zero-order valence-electron chi connectivity index (χ0n) is 103. The van der Waals surface area contributed by atoms with E-state index in [9.17, 15) is 4.79 Å². The number of hydrogen-bond donors (Lipinski definition) is 1. The zero-order chi connectivity index (χ0) is 107. The van der Waals surface area contributed by atoms with Crippen molar-refractivity contribution in [2.75, 3.05) is 164 Å². The molecule has 1 amide bonds. The van der Waals surface area contributed by atoms with Gasteiger partial charge < -0.3 is 24.4 Å². The number of carbonyl (C=O) groups excluding carboxylic acids is 1. The van der Waals surface area contributed by atoms with E-state index in [0.717, 1.165) is 171 Å². The van der Waals surface area contributed by atoms with Gasteiger partial charge in [0, 0.05) is 154 Å². The first-order valence-corrected chi connectivity index (χ1v) is 62.7. The number of ether oxygens (including phenoxy) is 3. The molecule has 24 rings (SSSR count). The molecule has 0 aromatic carbocycles. The molecule has 14 heterocycles. The van der Waals surface area contributed by atoms with Gasteiger partial charge in [0.25, 0.3) is 0 Å². The number of amides is 1. The summed E-state index contributed by atoms with van der Waals surface area (Å²) < 4.78 is 16.3. The molecule has 8 saturated carbocycles. The van der Waals surface area contributed by atoms with E-state index in [1.54, 1.807) is 11.1 Å². The lowest BCUT2D eigenvalue weighted by molar-refractivity contribution is -0.140. The van der Waals surface area contributed by atoms with Gasteiger partial charge in [0.15, 0.2) is 0 Å². The molecule has 146 heavy (non-hydrogen) atoms. The second-order valence-corrected chi connectivity index (χ2v) is 65.2. The molecule has 14 aliphatic heterocycles. The number of fused-ring (bicyclic) bond motifs is 11. The smallest absolute Gasteiger partial charge is 0.237 e. The first-order valence-electron chi connectivity index (χ1n) is 62.7. The van der Waals surface area contributed by atoms with E-state index in [-0.39, 0.29) is 5.54 Å². The van der Waals surface area contributed by atoms with E-state index < -0.39 is 0 Å². The number of morpholine rings is 1. The molecule has 0 bridgehead atoms. The number of nitrogens with zero attached hydrogens (tertiary/aromatic N) is 10. The molecule has 22 unspecified atom stereocenters. The normalized spacial score (nSPS) is 36.0. The fourth-order valence-electron chi connectivity index (χ4n) is 30.2. The molecule has 24 aliphatic rings. The molecule has 0 radical (unpaired) electrons. The van der Waals surface area contributed by atoms with Gasteiger partial charge in [-0.2, -0.15) is 0 Å². The fraction of sp³-hybridized carbons (Fsp3) is 0.962. The summed E-state index contributed by atoms with van der Waals surface area (Å²) in [4.78, 5) is 37.3. The quantitative estimate of drug-likeness (QED) is 0.234. The van der Waals surface area contributed by atoms with E-state index in [4.69, 9.17) is 14.2 Å². The Morgan fingerprint density at radius 2 is 0.726 bits per heavy atom. The van der Waals surface area contributed by atoms with Crippen LogP contribution in [-0.2, 0) is 19.0 Å². The number of rotatable bonds is 0. The summed E-state index contributed by atoms with van der Waals surface area (Å²) in [5.41, 5.74) is 8.50. The molecular formula is C131H243N11O4. The maximum Gasteiger partial charge on any atom is 0.237 e. The summed E-state index contributed by atoms with van der Waals surface area (Å²) in [5, 5.41) is 3.53. The van der Waals surface area contributed by atoms with Crippen LogP contribution in [0.25, 0.3) is 0 Å². The Morgan fingerprint density at radius 1 is 0.288 bits per heavy atom. The zero-order valence-corrected chi connectivity index (χ0v) is 103. The predicted molar refractivity (Wildman–Crippen MR) is 622 cm³/mol. The van der Waals surface area contributed by atoms with Crippen LogP contribution in [0.1, 0.15) is 442 Å². The third-order valence-electron chi connectivity index (χ3n) is 42.5. The molecule has 10 aliphatic carbocycles. The summed E-state index contributed by atoms with van der Waals surface area (Å²) in [6, 6.07) is 2.08. The number of hydrogen-bond acceptors (Lipinski definition) is 14. The molecule has 15 nitrogen and oxygen atoms in total. The van der Waals surface area contributed by atoms with E-state index in [0.29, 0.717) is 84.9 Å². The summed E-state index contributed by atoms with van der Waals surface area (Å²) in [5.74, 6) is 20.7. The van der Waals surface area contributed by atoms with E-state index in [1.807, 2.05) is 0 Å². The highest BCUT2D eigenvalue weighted by atomic mass is 16.5. The number of piperidine rings is 4. The molecule has 0 aromatic heterocycles. The Morgan fingerprint density at radius 3 is 1.19 bits per heavy atom. The molecule has 0 aromatic rings. The van der Waals surface area contributed by atoms with Crippen LogP contribution in [0.5, 0.6) is 0 Å². The van der Waals surface area contributed by atoms with Crippen LogP contribution in [-0.4, -0.2) is 282 Å². The van der Waals surface area contributed by atoms with Gasteiger partial charge in [0.2, 0.25) is 5.91 Å². The molecular weight excluding hydrogens is 1790 g/mol. The second-order valence-electron chi connectivity index (χ2n) is 65.2. The Kier molecular flexibility index (Phi) is 41.4. The Hall–Kier alpha value is -1.73. The van der Waals surface area contributed by atoms with Crippen LogP contribution in [0.4, 0.5) is 0 Å². The first kappa shape index (κ1) is 121. The van der Waals surface area contributed by atoms with Crippen LogP contribution in [0, 0.1) is 140 Å².